The Morgan fingerprint density at radius 1 is 1.35 bits per heavy atom. The van der Waals surface area contributed by atoms with Crippen LogP contribution in [0.25, 0.3) is 0 Å². The lowest BCUT2D eigenvalue weighted by atomic mass is 10.2. The minimum atomic E-state index is -0.239. The molecule has 2 rings (SSSR count). The molecule has 0 saturated carbocycles. The van der Waals surface area contributed by atoms with Gasteiger partial charge in [0.05, 0.1) is 6.54 Å². The molecule has 106 valence electrons. The third-order valence-corrected chi connectivity index (χ3v) is 4.24. The molecule has 0 spiro atoms. The van der Waals surface area contributed by atoms with Crippen LogP contribution < -0.4 is 5.43 Å². The van der Waals surface area contributed by atoms with Crippen LogP contribution in [0, 0.1) is 13.8 Å². The summed E-state index contributed by atoms with van der Waals surface area (Å²) in [7, 11) is 3.55. The van der Waals surface area contributed by atoms with Crippen molar-refractivity contribution in [1.29, 1.82) is 0 Å². The van der Waals surface area contributed by atoms with Gasteiger partial charge in [-0.05, 0) is 26.0 Å². The van der Waals surface area contributed by atoms with E-state index in [9.17, 15) is 9.59 Å². The molecular formula is C15H18N2O2S. The predicted octanol–water partition coefficient (Wildman–Crippen LogP) is 2.34. The average Bonchev–Trinajstić information content (AvgIpc) is 2.78. The van der Waals surface area contributed by atoms with Crippen LogP contribution in [0.2, 0.25) is 0 Å². The summed E-state index contributed by atoms with van der Waals surface area (Å²) in [5, 5.41) is 0. The molecule has 0 atom stereocenters. The maximum absolute atomic E-state index is 12.4. The summed E-state index contributed by atoms with van der Waals surface area (Å²) in [4.78, 5) is 28.2. The van der Waals surface area contributed by atoms with Crippen LogP contribution >= 0.6 is 11.3 Å². The molecule has 1 amide bonds. The van der Waals surface area contributed by atoms with E-state index >= 15 is 0 Å². The molecule has 0 aliphatic rings. The number of pyridine rings is 1. The van der Waals surface area contributed by atoms with Gasteiger partial charge in [-0.3, -0.25) is 9.59 Å². The van der Waals surface area contributed by atoms with E-state index in [1.807, 2.05) is 33.0 Å². The summed E-state index contributed by atoms with van der Waals surface area (Å²) in [6.45, 7) is 4.40. The van der Waals surface area contributed by atoms with Crippen molar-refractivity contribution in [2.75, 3.05) is 7.05 Å². The first-order valence-corrected chi connectivity index (χ1v) is 7.18. The normalized spacial score (nSPS) is 10.6. The lowest BCUT2D eigenvalue weighted by molar-refractivity contribution is 0.0784. The van der Waals surface area contributed by atoms with E-state index in [-0.39, 0.29) is 16.9 Å². The van der Waals surface area contributed by atoms with Crippen LogP contribution in [0.15, 0.2) is 29.2 Å². The Morgan fingerprint density at radius 3 is 2.65 bits per heavy atom. The molecule has 2 aromatic rings. The molecule has 0 bridgehead atoms. The summed E-state index contributed by atoms with van der Waals surface area (Å²) in [6, 6.07) is 5.54. The smallest absolute Gasteiger partial charge is 0.259 e. The number of rotatable bonds is 3. The highest BCUT2D eigenvalue weighted by Gasteiger charge is 2.16. The Labute approximate surface area is 122 Å². The van der Waals surface area contributed by atoms with Gasteiger partial charge < -0.3 is 9.47 Å². The lowest BCUT2D eigenvalue weighted by Gasteiger charge is -2.16. The van der Waals surface area contributed by atoms with Gasteiger partial charge in [-0.15, -0.1) is 11.3 Å². The Bertz CT molecular complexity index is 700. The van der Waals surface area contributed by atoms with Crippen molar-refractivity contribution in [3.8, 4) is 0 Å². The van der Waals surface area contributed by atoms with E-state index < -0.39 is 0 Å². The van der Waals surface area contributed by atoms with Crippen molar-refractivity contribution in [3.05, 3.63) is 55.6 Å². The summed E-state index contributed by atoms with van der Waals surface area (Å²) < 4.78 is 1.79. The molecule has 0 fully saturated rings. The number of aryl methyl sites for hydroxylation is 3. The van der Waals surface area contributed by atoms with Crippen LogP contribution in [0.4, 0.5) is 0 Å². The monoisotopic (exact) mass is 290 g/mol. The third kappa shape index (κ3) is 2.99. The van der Waals surface area contributed by atoms with Crippen molar-refractivity contribution in [1.82, 2.24) is 9.47 Å². The van der Waals surface area contributed by atoms with Crippen molar-refractivity contribution in [2.24, 2.45) is 7.05 Å². The van der Waals surface area contributed by atoms with Crippen LogP contribution in [0.5, 0.6) is 0 Å². The Hall–Kier alpha value is -1.88. The van der Waals surface area contributed by atoms with Gasteiger partial charge in [-0.25, -0.2) is 0 Å². The van der Waals surface area contributed by atoms with E-state index in [0.29, 0.717) is 6.54 Å². The highest BCUT2D eigenvalue weighted by molar-refractivity contribution is 7.11. The summed E-state index contributed by atoms with van der Waals surface area (Å²) in [6.07, 6.45) is 1.61. The SMILES string of the molecule is Cc1ccc(CN(C)C(=O)c2cn(C)c(C)cc2=O)s1. The highest BCUT2D eigenvalue weighted by atomic mass is 32.1. The maximum Gasteiger partial charge on any atom is 0.259 e. The number of carbonyl (C=O) groups excluding carboxylic acids is 1. The van der Waals surface area contributed by atoms with E-state index in [0.717, 1.165) is 10.6 Å². The van der Waals surface area contributed by atoms with Crippen molar-refractivity contribution in [2.45, 2.75) is 20.4 Å². The second kappa shape index (κ2) is 5.63. The molecule has 2 heterocycles. The zero-order valence-corrected chi connectivity index (χ0v) is 13.0. The summed E-state index contributed by atoms with van der Waals surface area (Å²) in [5.74, 6) is -0.239. The molecule has 2 aromatic heterocycles. The Balaban J connectivity index is 2.23. The van der Waals surface area contributed by atoms with Crippen LogP contribution in [-0.4, -0.2) is 22.4 Å². The Kier molecular flexibility index (Phi) is 4.09. The van der Waals surface area contributed by atoms with Crippen molar-refractivity contribution < 1.29 is 4.79 Å². The van der Waals surface area contributed by atoms with Gasteiger partial charge in [-0.1, -0.05) is 0 Å². The van der Waals surface area contributed by atoms with Crippen molar-refractivity contribution >= 4 is 17.2 Å². The standard InChI is InChI=1S/C15H18N2O2S/c1-10-7-14(18)13(9-16(10)3)15(19)17(4)8-12-6-5-11(2)20-12/h5-7,9H,8H2,1-4H3. The fraction of sp³-hybridized carbons (Fsp3) is 0.333. The van der Waals surface area contributed by atoms with Gasteiger partial charge in [-0.2, -0.15) is 0 Å². The fourth-order valence-corrected chi connectivity index (χ4v) is 2.91. The topological polar surface area (TPSA) is 42.3 Å². The third-order valence-electron chi connectivity index (χ3n) is 3.25. The predicted molar refractivity (Wildman–Crippen MR) is 81.3 cm³/mol. The van der Waals surface area contributed by atoms with E-state index in [4.69, 9.17) is 0 Å². The van der Waals surface area contributed by atoms with E-state index in [1.54, 1.807) is 34.0 Å². The highest BCUT2D eigenvalue weighted by Crippen LogP contribution is 2.17. The second-order valence-electron chi connectivity index (χ2n) is 4.98. The number of nitrogens with zero attached hydrogens (tertiary/aromatic N) is 2. The number of amides is 1. The van der Waals surface area contributed by atoms with Gasteiger partial charge in [0.25, 0.3) is 5.91 Å². The maximum atomic E-state index is 12.4. The molecule has 5 heteroatoms. The molecular weight excluding hydrogens is 272 g/mol. The number of hydrogen-bond donors (Lipinski definition) is 0. The molecule has 4 nitrogen and oxygen atoms in total. The van der Waals surface area contributed by atoms with Crippen LogP contribution in [0.3, 0.4) is 0 Å². The lowest BCUT2D eigenvalue weighted by Crippen LogP contribution is -2.31. The summed E-state index contributed by atoms with van der Waals surface area (Å²) >= 11 is 1.66. The zero-order valence-electron chi connectivity index (χ0n) is 12.1. The minimum Gasteiger partial charge on any atom is -0.354 e. The van der Waals surface area contributed by atoms with Crippen LogP contribution in [0.1, 0.15) is 25.8 Å². The number of carbonyl (C=O) groups is 1. The van der Waals surface area contributed by atoms with Gasteiger partial charge in [0.15, 0.2) is 5.43 Å². The van der Waals surface area contributed by atoms with Gasteiger partial charge >= 0.3 is 0 Å². The van der Waals surface area contributed by atoms with E-state index in [2.05, 4.69) is 0 Å². The largest absolute Gasteiger partial charge is 0.354 e. The van der Waals surface area contributed by atoms with Gasteiger partial charge in [0.1, 0.15) is 5.56 Å². The zero-order chi connectivity index (χ0) is 14.9. The van der Waals surface area contributed by atoms with E-state index in [1.165, 1.54) is 10.9 Å². The number of hydrogen-bond acceptors (Lipinski definition) is 3. The molecule has 0 aliphatic carbocycles. The first-order valence-electron chi connectivity index (χ1n) is 6.36. The van der Waals surface area contributed by atoms with Crippen molar-refractivity contribution in [3.63, 3.8) is 0 Å². The Morgan fingerprint density at radius 2 is 2.05 bits per heavy atom. The molecule has 0 radical (unpaired) electrons. The minimum absolute atomic E-state index is 0.217. The molecule has 0 unspecified atom stereocenters. The number of aromatic nitrogens is 1. The molecule has 0 aromatic carbocycles. The quantitative estimate of drug-likeness (QED) is 0.870. The van der Waals surface area contributed by atoms with Gasteiger partial charge in [0, 0.05) is 41.8 Å². The fourth-order valence-electron chi connectivity index (χ4n) is 1.97. The first kappa shape index (κ1) is 14.5. The number of thiophene rings is 1. The molecule has 0 aliphatic heterocycles. The second-order valence-corrected chi connectivity index (χ2v) is 6.35. The average molecular weight is 290 g/mol. The molecule has 0 N–H and O–H groups in total. The van der Waals surface area contributed by atoms with Crippen LogP contribution in [-0.2, 0) is 13.6 Å². The summed E-state index contributed by atoms with van der Waals surface area (Å²) in [5.41, 5.74) is 0.830. The van der Waals surface area contributed by atoms with Gasteiger partial charge in [0.2, 0.25) is 0 Å². The first-order chi connectivity index (χ1) is 9.38. The molecule has 20 heavy (non-hydrogen) atoms. The molecule has 0 saturated heterocycles.